The number of carbonyl (C=O) groups is 2. The molecule has 1 atom stereocenters. The van der Waals surface area contributed by atoms with Gasteiger partial charge in [0, 0.05) is 19.5 Å². The maximum atomic E-state index is 12.2. The Kier molecular flexibility index (Phi) is 5.20. The molecule has 0 aromatic heterocycles. The minimum Gasteiger partial charge on any atom is -0.494 e. The number of carbonyl (C=O) groups excluding carboxylic acids is 1. The lowest BCUT2D eigenvalue weighted by molar-refractivity contribution is -0.138. The van der Waals surface area contributed by atoms with Gasteiger partial charge >= 0.3 is 5.97 Å². The molecule has 21 heavy (non-hydrogen) atoms. The van der Waals surface area contributed by atoms with E-state index >= 15 is 0 Å². The van der Waals surface area contributed by atoms with E-state index in [0.717, 1.165) is 17.7 Å². The van der Waals surface area contributed by atoms with Crippen LogP contribution in [-0.4, -0.2) is 41.6 Å². The lowest BCUT2D eigenvalue weighted by Crippen LogP contribution is -2.30. The Morgan fingerprint density at radius 1 is 1.33 bits per heavy atom. The molecule has 1 aromatic rings. The number of carboxylic acid groups (broad SMARTS) is 1. The molecule has 1 amide bonds. The Morgan fingerprint density at radius 3 is 2.67 bits per heavy atom. The van der Waals surface area contributed by atoms with Crippen LogP contribution in [0.3, 0.4) is 0 Å². The quantitative estimate of drug-likeness (QED) is 0.870. The van der Waals surface area contributed by atoms with Gasteiger partial charge in [-0.3, -0.25) is 9.59 Å². The summed E-state index contributed by atoms with van der Waals surface area (Å²) >= 11 is 0. The van der Waals surface area contributed by atoms with E-state index in [-0.39, 0.29) is 18.2 Å². The molecule has 1 heterocycles. The van der Waals surface area contributed by atoms with Crippen LogP contribution in [0.2, 0.25) is 0 Å². The molecule has 0 spiro atoms. The topological polar surface area (TPSA) is 66.8 Å². The number of benzene rings is 1. The van der Waals surface area contributed by atoms with Crippen LogP contribution in [0.15, 0.2) is 24.3 Å². The van der Waals surface area contributed by atoms with Crippen LogP contribution in [0.4, 0.5) is 0 Å². The average Bonchev–Trinajstić information content (AvgIpc) is 2.89. The summed E-state index contributed by atoms with van der Waals surface area (Å²) in [5, 5.41) is 8.79. The van der Waals surface area contributed by atoms with Crippen LogP contribution in [0.1, 0.15) is 25.3 Å². The number of nitrogens with zero attached hydrogens (tertiary/aromatic N) is 1. The second kappa shape index (κ2) is 7.11. The number of hydrogen-bond donors (Lipinski definition) is 1. The highest BCUT2D eigenvalue weighted by Gasteiger charge is 2.27. The summed E-state index contributed by atoms with van der Waals surface area (Å²) in [6.07, 6.45) is 1.28. The minimum absolute atomic E-state index is 0.0621. The first-order chi connectivity index (χ1) is 10.1. The second-order valence-corrected chi connectivity index (χ2v) is 5.35. The van der Waals surface area contributed by atoms with Crippen molar-refractivity contribution in [2.24, 2.45) is 5.92 Å². The van der Waals surface area contributed by atoms with Crippen molar-refractivity contribution < 1.29 is 19.4 Å². The van der Waals surface area contributed by atoms with Crippen LogP contribution in [0.25, 0.3) is 0 Å². The normalized spacial score (nSPS) is 17.8. The Morgan fingerprint density at radius 2 is 2.05 bits per heavy atom. The molecule has 0 radical (unpaired) electrons. The summed E-state index contributed by atoms with van der Waals surface area (Å²) in [6, 6.07) is 7.52. The summed E-state index contributed by atoms with van der Waals surface area (Å²) in [5.41, 5.74) is 0.949. The predicted octanol–water partition coefficient (Wildman–Crippen LogP) is 1.95. The third-order valence-corrected chi connectivity index (χ3v) is 3.69. The molecule has 1 aliphatic rings. The highest BCUT2D eigenvalue weighted by atomic mass is 16.5. The molecular weight excluding hydrogens is 270 g/mol. The molecule has 1 N–H and O–H groups in total. The van der Waals surface area contributed by atoms with Gasteiger partial charge in [0.1, 0.15) is 5.75 Å². The standard InChI is InChI=1S/C16H21NO4/c1-2-21-14-5-3-12(4-6-14)9-15(18)17-8-7-13(11-17)10-16(19)20/h3-6,13H,2,7-11H2,1H3,(H,19,20). The van der Waals surface area contributed by atoms with Gasteiger partial charge in [-0.05, 0) is 37.0 Å². The maximum absolute atomic E-state index is 12.2. The first-order valence-corrected chi connectivity index (χ1v) is 7.29. The van der Waals surface area contributed by atoms with Gasteiger partial charge in [0.25, 0.3) is 0 Å². The minimum atomic E-state index is -0.791. The zero-order valence-corrected chi connectivity index (χ0v) is 12.2. The van der Waals surface area contributed by atoms with Crippen molar-refractivity contribution in [3.63, 3.8) is 0 Å². The molecule has 1 aliphatic heterocycles. The number of ether oxygens (including phenoxy) is 1. The molecule has 5 heteroatoms. The molecule has 0 bridgehead atoms. The Bertz CT molecular complexity index is 498. The fourth-order valence-corrected chi connectivity index (χ4v) is 2.63. The Labute approximate surface area is 124 Å². The molecule has 5 nitrogen and oxygen atoms in total. The highest BCUT2D eigenvalue weighted by Crippen LogP contribution is 2.21. The average molecular weight is 291 g/mol. The van der Waals surface area contributed by atoms with E-state index in [2.05, 4.69) is 0 Å². The van der Waals surface area contributed by atoms with Crippen LogP contribution < -0.4 is 4.74 Å². The summed E-state index contributed by atoms with van der Waals surface area (Å²) < 4.78 is 5.37. The van der Waals surface area contributed by atoms with Gasteiger partial charge in [-0.2, -0.15) is 0 Å². The highest BCUT2D eigenvalue weighted by molar-refractivity contribution is 5.79. The van der Waals surface area contributed by atoms with Crippen LogP contribution in [0.5, 0.6) is 5.75 Å². The van der Waals surface area contributed by atoms with Gasteiger partial charge in [-0.25, -0.2) is 0 Å². The summed E-state index contributed by atoms with van der Waals surface area (Å²) in [7, 11) is 0. The van der Waals surface area contributed by atoms with Crippen molar-refractivity contribution in [3.8, 4) is 5.75 Å². The molecule has 0 saturated carbocycles. The van der Waals surface area contributed by atoms with Crippen molar-refractivity contribution in [2.45, 2.75) is 26.2 Å². The van der Waals surface area contributed by atoms with Gasteiger partial charge in [-0.1, -0.05) is 12.1 Å². The Balaban J connectivity index is 1.85. The van der Waals surface area contributed by atoms with Gasteiger partial charge in [0.2, 0.25) is 5.91 Å². The van der Waals surface area contributed by atoms with E-state index in [4.69, 9.17) is 9.84 Å². The lowest BCUT2D eigenvalue weighted by atomic mass is 10.1. The first-order valence-electron chi connectivity index (χ1n) is 7.29. The van der Waals surface area contributed by atoms with Gasteiger partial charge in [0.05, 0.1) is 13.0 Å². The van der Waals surface area contributed by atoms with Gasteiger partial charge in [0.15, 0.2) is 0 Å². The van der Waals surface area contributed by atoms with Crippen molar-refractivity contribution in [2.75, 3.05) is 19.7 Å². The third kappa shape index (κ3) is 4.48. The fourth-order valence-electron chi connectivity index (χ4n) is 2.63. The van der Waals surface area contributed by atoms with Crippen molar-refractivity contribution in [1.82, 2.24) is 4.90 Å². The number of amides is 1. The van der Waals surface area contributed by atoms with E-state index in [1.54, 1.807) is 4.90 Å². The largest absolute Gasteiger partial charge is 0.494 e. The van der Waals surface area contributed by atoms with E-state index in [0.29, 0.717) is 26.1 Å². The molecular formula is C16H21NO4. The van der Waals surface area contributed by atoms with Gasteiger partial charge in [-0.15, -0.1) is 0 Å². The zero-order chi connectivity index (χ0) is 15.2. The van der Waals surface area contributed by atoms with Crippen molar-refractivity contribution >= 4 is 11.9 Å². The molecule has 1 saturated heterocycles. The summed E-state index contributed by atoms with van der Waals surface area (Å²) in [4.78, 5) is 24.7. The third-order valence-electron chi connectivity index (χ3n) is 3.69. The Hall–Kier alpha value is -2.04. The van der Waals surface area contributed by atoms with Crippen molar-refractivity contribution in [3.05, 3.63) is 29.8 Å². The number of carboxylic acids is 1. The number of hydrogen-bond acceptors (Lipinski definition) is 3. The van der Waals surface area contributed by atoms with E-state index in [1.807, 2.05) is 31.2 Å². The van der Waals surface area contributed by atoms with Crippen molar-refractivity contribution in [1.29, 1.82) is 0 Å². The van der Waals surface area contributed by atoms with E-state index < -0.39 is 5.97 Å². The van der Waals surface area contributed by atoms with E-state index in [1.165, 1.54) is 0 Å². The fraction of sp³-hybridized carbons (Fsp3) is 0.500. The zero-order valence-electron chi connectivity index (χ0n) is 12.2. The number of aliphatic carboxylic acids is 1. The molecule has 0 aliphatic carbocycles. The SMILES string of the molecule is CCOc1ccc(CC(=O)N2CCC(CC(=O)O)C2)cc1. The number of rotatable bonds is 6. The number of likely N-dealkylation sites (tertiary alicyclic amines) is 1. The first kappa shape index (κ1) is 15.4. The summed E-state index contributed by atoms with van der Waals surface area (Å²) in [5.74, 6) is 0.163. The van der Waals surface area contributed by atoms with Gasteiger partial charge < -0.3 is 14.7 Å². The monoisotopic (exact) mass is 291 g/mol. The molecule has 114 valence electrons. The maximum Gasteiger partial charge on any atom is 0.303 e. The summed E-state index contributed by atoms with van der Waals surface area (Å²) in [6.45, 7) is 3.77. The van der Waals surface area contributed by atoms with Crippen LogP contribution in [0, 0.1) is 5.92 Å². The smallest absolute Gasteiger partial charge is 0.303 e. The van der Waals surface area contributed by atoms with Crippen LogP contribution >= 0.6 is 0 Å². The van der Waals surface area contributed by atoms with Crippen LogP contribution in [-0.2, 0) is 16.0 Å². The second-order valence-electron chi connectivity index (χ2n) is 5.35. The molecule has 2 rings (SSSR count). The predicted molar refractivity (Wildman–Crippen MR) is 78.3 cm³/mol. The lowest BCUT2D eigenvalue weighted by Gasteiger charge is -2.16. The molecule has 1 fully saturated rings. The van der Waals surface area contributed by atoms with E-state index in [9.17, 15) is 9.59 Å². The molecule has 1 unspecified atom stereocenters. The molecule has 1 aromatic carbocycles.